The number of rotatable bonds is 3. The van der Waals surface area contributed by atoms with Gasteiger partial charge in [-0.3, -0.25) is 0 Å². The van der Waals surface area contributed by atoms with Crippen LogP contribution < -0.4 is 0 Å². The van der Waals surface area contributed by atoms with Gasteiger partial charge in [-0.25, -0.2) is 4.98 Å². The Morgan fingerprint density at radius 1 is 1.47 bits per heavy atom. The van der Waals surface area contributed by atoms with Gasteiger partial charge in [0, 0.05) is 11.2 Å². The Balaban J connectivity index is 1.77. The van der Waals surface area contributed by atoms with Crippen LogP contribution in [0.15, 0.2) is 28.7 Å². The molecule has 0 spiro atoms. The fraction of sp³-hybridized carbons (Fsp3) is 0.500. The molecule has 1 aliphatic rings. The second-order valence-corrected chi connectivity index (χ2v) is 6.77. The summed E-state index contributed by atoms with van der Waals surface area (Å²) in [6.07, 6.45) is 2.17. The van der Waals surface area contributed by atoms with Crippen LogP contribution in [0.4, 0.5) is 0 Å². The molecule has 0 N–H and O–H groups in total. The fourth-order valence-electron chi connectivity index (χ4n) is 2.44. The molecule has 2 unspecified atom stereocenters. The first kappa shape index (κ1) is 11.3. The Morgan fingerprint density at radius 2 is 2.18 bits per heavy atom. The molecule has 1 heterocycles. The zero-order valence-corrected chi connectivity index (χ0v) is 11.7. The maximum Gasteiger partial charge on any atom is 0.196 e. The molecular weight excluding hydrogens is 278 g/mol. The summed E-state index contributed by atoms with van der Waals surface area (Å²) >= 11 is 3.77. The van der Waals surface area contributed by atoms with Gasteiger partial charge in [0.25, 0.3) is 0 Å². The molecule has 90 valence electrons. The number of aromatic nitrogens is 1. The highest BCUT2D eigenvalue weighted by Crippen LogP contribution is 2.55. The second-order valence-electron chi connectivity index (χ2n) is 5.59. The lowest BCUT2D eigenvalue weighted by atomic mass is 10.1. The maximum atomic E-state index is 5.74. The second kappa shape index (κ2) is 3.84. The summed E-state index contributed by atoms with van der Waals surface area (Å²) < 4.78 is 5.74. The topological polar surface area (TPSA) is 26.0 Å². The molecule has 3 heteroatoms. The number of oxazole rings is 1. The number of hydrogen-bond donors (Lipinski definition) is 0. The smallest absolute Gasteiger partial charge is 0.196 e. The zero-order chi connectivity index (χ0) is 12.0. The van der Waals surface area contributed by atoms with Gasteiger partial charge in [-0.2, -0.15) is 0 Å². The predicted octanol–water partition coefficient (Wildman–Crippen LogP) is 4.18. The molecule has 2 atom stereocenters. The van der Waals surface area contributed by atoms with Crippen LogP contribution in [0.25, 0.3) is 11.1 Å². The monoisotopic (exact) mass is 293 g/mol. The first-order valence-corrected chi connectivity index (χ1v) is 6.96. The quantitative estimate of drug-likeness (QED) is 0.794. The standard InChI is InChI=1S/C14H16BrNO/c1-14(2)8-9(14)10(15)7-13-16-11-5-3-4-6-12(11)17-13/h3-6,9-10H,7-8H2,1-2H3. The molecule has 0 saturated heterocycles. The Bertz CT molecular complexity index is 513. The van der Waals surface area contributed by atoms with Gasteiger partial charge >= 0.3 is 0 Å². The van der Waals surface area contributed by atoms with Crippen LogP contribution in [-0.2, 0) is 6.42 Å². The van der Waals surface area contributed by atoms with E-state index in [9.17, 15) is 0 Å². The first-order chi connectivity index (χ1) is 8.06. The fourth-order valence-corrected chi connectivity index (χ4v) is 3.62. The zero-order valence-electron chi connectivity index (χ0n) is 10.1. The van der Waals surface area contributed by atoms with Crippen LogP contribution in [0.2, 0.25) is 0 Å². The van der Waals surface area contributed by atoms with Gasteiger partial charge in [-0.1, -0.05) is 41.9 Å². The highest BCUT2D eigenvalue weighted by Gasteiger charge is 2.49. The maximum absolute atomic E-state index is 5.74. The van der Waals surface area contributed by atoms with Gasteiger partial charge in [0.1, 0.15) is 5.52 Å². The molecule has 2 nitrogen and oxygen atoms in total. The molecule has 0 aliphatic heterocycles. The van der Waals surface area contributed by atoms with E-state index < -0.39 is 0 Å². The number of para-hydroxylation sites is 2. The minimum atomic E-state index is 0.477. The van der Waals surface area contributed by atoms with Gasteiger partial charge in [0.05, 0.1) is 0 Å². The molecule has 0 radical (unpaired) electrons. The van der Waals surface area contributed by atoms with Crippen molar-refractivity contribution in [2.45, 2.75) is 31.5 Å². The molecular formula is C14H16BrNO. The van der Waals surface area contributed by atoms with Crippen LogP contribution in [0.1, 0.15) is 26.2 Å². The Kier molecular flexibility index (Phi) is 2.54. The summed E-state index contributed by atoms with van der Waals surface area (Å²) in [6.45, 7) is 4.63. The molecule has 17 heavy (non-hydrogen) atoms. The molecule has 1 saturated carbocycles. The van der Waals surface area contributed by atoms with Crippen molar-refractivity contribution in [3.05, 3.63) is 30.2 Å². The van der Waals surface area contributed by atoms with Crippen LogP contribution in [0.5, 0.6) is 0 Å². The Hall–Kier alpha value is -0.830. The van der Waals surface area contributed by atoms with Gasteiger partial charge < -0.3 is 4.42 Å². The number of benzene rings is 1. The van der Waals surface area contributed by atoms with Gasteiger partial charge in [0.2, 0.25) is 0 Å². The molecule has 1 aromatic carbocycles. The average Bonchev–Trinajstić information content (AvgIpc) is 2.73. The van der Waals surface area contributed by atoms with Gasteiger partial charge in [-0.15, -0.1) is 0 Å². The lowest BCUT2D eigenvalue weighted by Gasteiger charge is -2.08. The lowest BCUT2D eigenvalue weighted by molar-refractivity contribution is 0.489. The summed E-state index contributed by atoms with van der Waals surface area (Å²) in [6, 6.07) is 7.93. The minimum absolute atomic E-state index is 0.477. The number of fused-ring (bicyclic) bond motifs is 1. The van der Waals surface area contributed by atoms with E-state index in [4.69, 9.17) is 4.42 Å². The largest absolute Gasteiger partial charge is 0.441 e. The van der Waals surface area contributed by atoms with Crippen LogP contribution in [0, 0.1) is 11.3 Å². The van der Waals surface area contributed by atoms with Gasteiger partial charge in [-0.05, 0) is 29.9 Å². The molecule has 1 aromatic heterocycles. The van der Waals surface area contributed by atoms with Crippen LogP contribution >= 0.6 is 15.9 Å². The van der Waals surface area contributed by atoms with E-state index in [-0.39, 0.29) is 0 Å². The molecule has 0 amide bonds. The van der Waals surface area contributed by atoms with E-state index in [0.717, 1.165) is 29.3 Å². The lowest BCUT2D eigenvalue weighted by Crippen LogP contribution is -2.09. The number of halogens is 1. The van der Waals surface area contributed by atoms with Crippen molar-refractivity contribution in [3.8, 4) is 0 Å². The van der Waals surface area contributed by atoms with E-state index in [1.165, 1.54) is 6.42 Å². The van der Waals surface area contributed by atoms with Crippen molar-refractivity contribution in [1.29, 1.82) is 0 Å². The van der Waals surface area contributed by atoms with E-state index in [0.29, 0.717) is 10.2 Å². The summed E-state index contributed by atoms with van der Waals surface area (Å²) in [7, 11) is 0. The summed E-state index contributed by atoms with van der Waals surface area (Å²) in [5.41, 5.74) is 2.33. The summed E-state index contributed by atoms with van der Waals surface area (Å²) in [5, 5.41) is 0. The highest BCUT2D eigenvalue weighted by atomic mass is 79.9. The van der Waals surface area contributed by atoms with Crippen LogP contribution in [0.3, 0.4) is 0 Å². The van der Waals surface area contributed by atoms with Gasteiger partial charge in [0.15, 0.2) is 11.5 Å². The molecule has 0 bridgehead atoms. The van der Waals surface area contributed by atoms with Crippen LogP contribution in [-0.4, -0.2) is 9.81 Å². The third-order valence-electron chi connectivity index (χ3n) is 3.73. The van der Waals surface area contributed by atoms with E-state index in [2.05, 4.69) is 34.8 Å². The van der Waals surface area contributed by atoms with Crippen molar-refractivity contribution in [3.63, 3.8) is 0 Å². The Labute approximate surface area is 110 Å². The third kappa shape index (κ3) is 2.13. The van der Waals surface area contributed by atoms with Crippen molar-refractivity contribution >= 4 is 27.0 Å². The van der Waals surface area contributed by atoms with E-state index >= 15 is 0 Å². The van der Waals surface area contributed by atoms with Crippen molar-refractivity contribution < 1.29 is 4.42 Å². The third-order valence-corrected chi connectivity index (χ3v) is 4.70. The average molecular weight is 294 g/mol. The number of alkyl halides is 1. The van der Waals surface area contributed by atoms with Crippen molar-refractivity contribution in [1.82, 2.24) is 4.98 Å². The minimum Gasteiger partial charge on any atom is -0.441 e. The normalized spacial score (nSPS) is 23.8. The molecule has 1 aliphatic carbocycles. The first-order valence-electron chi connectivity index (χ1n) is 6.05. The SMILES string of the molecule is CC1(C)CC1C(Br)Cc1nc2ccccc2o1. The highest BCUT2D eigenvalue weighted by molar-refractivity contribution is 9.09. The number of hydrogen-bond acceptors (Lipinski definition) is 2. The molecule has 2 aromatic rings. The predicted molar refractivity (Wildman–Crippen MR) is 72.3 cm³/mol. The summed E-state index contributed by atoms with van der Waals surface area (Å²) in [4.78, 5) is 4.99. The molecule has 1 fully saturated rings. The van der Waals surface area contributed by atoms with Crippen molar-refractivity contribution in [2.24, 2.45) is 11.3 Å². The Morgan fingerprint density at radius 3 is 2.82 bits per heavy atom. The summed E-state index contributed by atoms with van der Waals surface area (Å²) in [5.74, 6) is 1.59. The molecule has 3 rings (SSSR count). The van der Waals surface area contributed by atoms with Crippen molar-refractivity contribution in [2.75, 3.05) is 0 Å². The number of nitrogens with zero attached hydrogens (tertiary/aromatic N) is 1. The van der Waals surface area contributed by atoms with E-state index in [1.807, 2.05) is 24.3 Å². The van der Waals surface area contributed by atoms with E-state index in [1.54, 1.807) is 0 Å².